The maximum absolute atomic E-state index is 13.3. The maximum atomic E-state index is 13.3. The summed E-state index contributed by atoms with van der Waals surface area (Å²) in [5, 5.41) is 24.8. The van der Waals surface area contributed by atoms with E-state index in [-0.39, 0.29) is 17.1 Å². The van der Waals surface area contributed by atoms with Crippen molar-refractivity contribution in [3.63, 3.8) is 0 Å². The highest BCUT2D eigenvalue weighted by Crippen LogP contribution is 2.70. The van der Waals surface area contributed by atoms with Crippen LogP contribution in [0.25, 0.3) is 0 Å². The van der Waals surface area contributed by atoms with Crippen molar-refractivity contribution < 1.29 is 38.7 Å². The summed E-state index contributed by atoms with van der Waals surface area (Å²) in [6, 6.07) is 19.6. The summed E-state index contributed by atoms with van der Waals surface area (Å²) in [5.74, 6) is -1.04. The first-order chi connectivity index (χ1) is 19.4. The van der Waals surface area contributed by atoms with Gasteiger partial charge in [-0.05, 0) is 42.6 Å². The highest BCUT2D eigenvalue weighted by molar-refractivity contribution is 5.78. The van der Waals surface area contributed by atoms with Gasteiger partial charge in [-0.1, -0.05) is 42.5 Å². The van der Waals surface area contributed by atoms with E-state index in [2.05, 4.69) is 0 Å². The smallest absolute Gasteiger partial charge is 0.312 e. The van der Waals surface area contributed by atoms with Gasteiger partial charge in [0, 0.05) is 18.1 Å². The zero-order valence-corrected chi connectivity index (χ0v) is 22.8. The van der Waals surface area contributed by atoms with Crippen LogP contribution >= 0.6 is 0 Å². The van der Waals surface area contributed by atoms with Crippen molar-refractivity contribution in [2.45, 2.75) is 36.1 Å². The lowest BCUT2D eigenvalue weighted by Gasteiger charge is -2.40. The van der Waals surface area contributed by atoms with E-state index in [1.54, 1.807) is 43.5 Å². The van der Waals surface area contributed by atoms with Gasteiger partial charge in [0.1, 0.15) is 29.1 Å². The van der Waals surface area contributed by atoms with Crippen LogP contribution < -0.4 is 24.7 Å². The van der Waals surface area contributed by atoms with Gasteiger partial charge in [0.05, 0.1) is 39.4 Å². The summed E-state index contributed by atoms with van der Waals surface area (Å²) in [4.78, 5) is 13.3. The Morgan fingerprint density at radius 3 is 2.33 bits per heavy atom. The first-order valence-electron chi connectivity index (χ1n) is 13.3. The zero-order chi connectivity index (χ0) is 28.5. The number of esters is 1. The lowest BCUT2D eigenvalue weighted by atomic mass is 9.70. The molecule has 3 aromatic rings. The average Bonchev–Trinajstić information content (AvgIpc) is 3.37. The molecular formula is C31H35NO8. The molecule has 0 spiro atoms. The summed E-state index contributed by atoms with van der Waals surface area (Å²) < 4.78 is 29.1. The van der Waals surface area contributed by atoms with Crippen LogP contribution in [0.3, 0.4) is 0 Å². The van der Waals surface area contributed by atoms with E-state index < -0.39 is 35.1 Å². The van der Waals surface area contributed by atoms with Crippen LogP contribution in [0.1, 0.15) is 35.4 Å². The molecule has 0 amide bonds. The maximum Gasteiger partial charge on any atom is 0.312 e. The van der Waals surface area contributed by atoms with Crippen LogP contribution in [0, 0.1) is 5.92 Å². The topological polar surface area (TPSA) is 130 Å². The van der Waals surface area contributed by atoms with Gasteiger partial charge in [-0.15, -0.1) is 0 Å². The number of aliphatic hydroxyl groups excluding tert-OH is 1. The number of benzene rings is 3. The number of carbonyl (C=O) groups is 1. The summed E-state index contributed by atoms with van der Waals surface area (Å²) in [6.07, 6.45) is -0.0241. The van der Waals surface area contributed by atoms with Gasteiger partial charge < -0.3 is 39.6 Å². The van der Waals surface area contributed by atoms with E-state index in [4.69, 9.17) is 29.4 Å². The molecule has 212 valence electrons. The minimum atomic E-state index is -2.11. The number of unbranched alkanes of at least 4 members (excludes halogenated alkanes) is 1. The molecule has 1 saturated carbocycles. The molecule has 4 N–H and O–H groups in total. The number of hydrogen-bond donors (Lipinski definition) is 3. The Morgan fingerprint density at radius 1 is 0.975 bits per heavy atom. The lowest BCUT2D eigenvalue weighted by Crippen LogP contribution is -2.52. The number of fused-ring (bicyclic) bond motifs is 3. The molecule has 5 atom stereocenters. The fourth-order valence-electron chi connectivity index (χ4n) is 6.30. The van der Waals surface area contributed by atoms with E-state index in [0.717, 1.165) is 12.8 Å². The number of aliphatic hydroxyl groups is 2. The standard InChI is InChI=1S/C31H35NO8/c1-36-21-13-11-20(12-14-21)31-26(19-9-5-4-6-10-19)25(29(34)38-3)28(33)30(31,35)27-23(37-2)17-22(18-24(27)40-31)39-16-8-7-15-32/h4-6,9-14,17-18,25-26,28,33,35H,7-8,15-16,32H2,1-3H3/t25?,26-,28-,30+,31+/m0/s1. The summed E-state index contributed by atoms with van der Waals surface area (Å²) in [7, 11) is 4.29. The molecule has 0 bridgehead atoms. The molecule has 1 aliphatic heterocycles. The molecule has 1 unspecified atom stereocenters. The highest BCUT2D eigenvalue weighted by atomic mass is 16.6. The molecule has 1 heterocycles. The molecule has 9 nitrogen and oxygen atoms in total. The van der Waals surface area contributed by atoms with E-state index in [0.29, 0.717) is 35.8 Å². The van der Waals surface area contributed by atoms with Gasteiger partial charge in [-0.2, -0.15) is 0 Å². The molecule has 40 heavy (non-hydrogen) atoms. The van der Waals surface area contributed by atoms with E-state index in [1.807, 2.05) is 30.3 Å². The van der Waals surface area contributed by atoms with Crippen LogP contribution in [0.2, 0.25) is 0 Å². The van der Waals surface area contributed by atoms with Crippen molar-refractivity contribution in [1.82, 2.24) is 0 Å². The number of rotatable bonds is 10. The molecular weight excluding hydrogens is 514 g/mol. The van der Waals surface area contributed by atoms with Crippen LogP contribution in [-0.2, 0) is 20.7 Å². The van der Waals surface area contributed by atoms with Gasteiger partial charge in [-0.3, -0.25) is 4.79 Å². The Labute approximate surface area is 233 Å². The molecule has 3 aromatic carbocycles. The van der Waals surface area contributed by atoms with E-state index >= 15 is 0 Å². The third-order valence-corrected chi connectivity index (χ3v) is 8.06. The molecule has 0 saturated heterocycles. The van der Waals surface area contributed by atoms with Crippen molar-refractivity contribution in [3.8, 4) is 23.0 Å². The Kier molecular flexibility index (Phi) is 7.63. The lowest BCUT2D eigenvalue weighted by molar-refractivity contribution is -0.161. The quantitative estimate of drug-likeness (QED) is 0.258. The SMILES string of the molecule is COC(=O)C1[C@H](O)[C@]2(O)c3c(OC)cc(OCCCCN)cc3O[C@]2(c2ccc(OC)cc2)[C@H]1c1ccccc1. The van der Waals surface area contributed by atoms with Crippen LogP contribution in [0.5, 0.6) is 23.0 Å². The third-order valence-electron chi connectivity index (χ3n) is 8.06. The van der Waals surface area contributed by atoms with Gasteiger partial charge >= 0.3 is 5.97 Å². The minimum Gasteiger partial charge on any atom is -0.497 e. The third kappa shape index (κ3) is 4.08. The molecule has 0 aromatic heterocycles. The second-order valence-corrected chi connectivity index (χ2v) is 10.1. The predicted octanol–water partition coefficient (Wildman–Crippen LogP) is 3.24. The van der Waals surface area contributed by atoms with Crippen molar-refractivity contribution in [3.05, 3.63) is 83.4 Å². The Hall–Kier alpha value is -3.79. The predicted molar refractivity (Wildman–Crippen MR) is 147 cm³/mol. The molecule has 0 radical (unpaired) electrons. The van der Waals surface area contributed by atoms with Crippen molar-refractivity contribution in [2.24, 2.45) is 11.7 Å². The monoisotopic (exact) mass is 549 g/mol. The summed E-state index contributed by atoms with van der Waals surface area (Å²) in [6.45, 7) is 1.00. The Bertz CT molecular complexity index is 1350. The minimum absolute atomic E-state index is 0.236. The normalized spacial score (nSPS) is 26.4. The fraction of sp³-hybridized carbons (Fsp3) is 0.387. The van der Waals surface area contributed by atoms with Crippen LogP contribution in [0.15, 0.2) is 66.7 Å². The second kappa shape index (κ2) is 11.0. The van der Waals surface area contributed by atoms with Crippen molar-refractivity contribution in [1.29, 1.82) is 0 Å². The van der Waals surface area contributed by atoms with Gasteiger partial charge in [0.15, 0.2) is 11.2 Å². The highest BCUT2D eigenvalue weighted by Gasteiger charge is 2.78. The molecule has 9 heteroatoms. The fourth-order valence-corrected chi connectivity index (χ4v) is 6.30. The molecule has 5 rings (SSSR count). The molecule has 1 fully saturated rings. The number of carbonyl (C=O) groups excluding carboxylic acids is 1. The van der Waals surface area contributed by atoms with Crippen molar-refractivity contribution >= 4 is 5.97 Å². The van der Waals surface area contributed by atoms with Gasteiger partial charge in [0.2, 0.25) is 0 Å². The Morgan fingerprint density at radius 2 is 1.70 bits per heavy atom. The van der Waals surface area contributed by atoms with Crippen LogP contribution in [0.4, 0.5) is 0 Å². The van der Waals surface area contributed by atoms with Gasteiger partial charge in [-0.25, -0.2) is 0 Å². The summed E-state index contributed by atoms with van der Waals surface area (Å²) >= 11 is 0. The van der Waals surface area contributed by atoms with Gasteiger partial charge in [0.25, 0.3) is 0 Å². The number of nitrogens with two attached hydrogens (primary N) is 1. The molecule has 2 aliphatic rings. The number of methoxy groups -OCH3 is 3. The van der Waals surface area contributed by atoms with Crippen molar-refractivity contribution in [2.75, 3.05) is 34.5 Å². The summed E-state index contributed by atoms with van der Waals surface area (Å²) in [5.41, 5.74) is 3.32. The Balaban J connectivity index is 1.76. The zero-order valence-electron chi connectivity index (χ0n) is 22.8. The van der Waals surface area contributed by atoms with Crippen LogP contribution in [-0.4, -0.2) is 56.8 Å². The molecule has 1 aliphatic carbocycles. The second-order valence-electron chi connectivity index (χ2n) is 10.1. The first-order valence-corrected chi connectivity index (χ1v) is 13.3. The number of ether oxygens (including phenoxy) is 5. The van der Waals surface area contributed by atoms with E-state index in [1.165, 1.54) is 14.2 Å². The first kappa shape index (κ1) is 27.8. The van der Waals surface area contributed by atoms with E-state index in [9.17, 15) is 15.0 Å². The largest absolute Gasteiger partial charge is 0.497 e. The average molecular weight is 550 g/mol. The number of hydrogen-bond acceptors (Lipinski definition) is 9.